The minimum absolute atomic E-state index is 0.176. The molecule has 86 valence electrons. The number of carboxylic acid groups (broad SMARTS) is 1. The topological polar surface area (TPSA) is 40.5 Å². The lowest BCUT2D eigenvalue weighted by Gasteiger charge is -2.17. The van der Waals surface area contributed by atoms with Gasteiger partial charge in [-0.2, -0.15) is 0 Å². The Morgan fingerprint density at radius 2 is 2.12 bits per heavy atom. The fraction of sp³-hybridized carbons (Fsp3) is 0.250. The number of halogens is 1. The first-order valence-corrected chi connectivity index (χ1v) is 5.21. The van der Waals surface area contributed by atoms with Crippen molar-refractivity contribution in [2.45, 2.75) is 6.54 Å². The Labute approximate surface area is 100.0 Å². The fourth-order valence-electron chi connectivity index (χ4n) is 1.37. The first kappa shape index (κ1) is 12.7. The van der Waals surface area contributed by atoms with Crippen LogP contribution >= 0.6 is 11.6 Å². The van der Waals surface area contributed by atoms with Gasteiger partial charge >= 0.3 is 5.97 Å². The zero-order valence-corrected chi connectivity index (χ0v) is 9.87. The largest absolute Gasteiger partial charge is 0.478 e. The predicted octanol–water partition coefficient (Wildman–Crippen LogP) is 2.41. The molecule has 0 aromatic heterocycles. The summed E-state index contributed by atoms with van der Waals surface area (Å²) in [6, 6.07) is 7.50. The molecule has 1 rings (SSSR count). The van der Waals surface area contributed by atoms with Crippen LogP contribution in [0.3, 0.4) is 0 Å². The summed E-state index contributed by atoms with van der Waals surface area (Å²) in [6.45, 7) is 4.41. The lowest BCUT2D eigenvalue weighted by atomic mass is 10.2. The van der Waals surface area contributed by atoms with Gasteiger partial charge in [-0.1, -0.05) is 36.4 Å². The fourth-order valence-corrected chi connectivity index (χ4v) is 1.56. The Bertz CT molecular complexity index is 404. The highest BCUT2D eigenvalue weighted by Gasteiger charge is 2.09. The molecule has 0 aliphatic carbocycles. The number of likely N-dealkylation sites (N-methyl/N-ethyl adjacent to an activating group) is 1. The van der Waals surface area contributed by atoms with E-state index < -0.39 is 5.97 Å². The molecule has 0 fully saturated rings. The van der Waals surface area contributed by atoms with Crippen molar-refractivity contribution in [3.8, 4) is 0 Å². The zero-order valence-electron chi connectivity index (χ0n) is 9.11. The van der Waals surface area contributed by atoms with E-state index >= 15 is 0 Å². The van der Waals surface area contributed by atoms with E-state index in [0.717, 1.165) is 5.56 Å². The molecule has 0 saturated carbocycles. The van der Waals surface area contributed by atoms with Gasteiger partial charge in [-0.05, 0) is 18.7 Å². The minimum atomic E-state index is -0.967. The Hall–Kier alpha value is -1.32. The van der Waals surface area contributed by atoms with Gasteiger partial charge in [0.1, 0.15) is 0 Å². The van der Waals surface area contributed by atoms with Gasteiger partial charge in [-0.25, -0.2) is 4.79 Å². The molecule has 3 nitrogen and oxygen atoms in total. The van der Waals surface area contributed by atoms with Gasteiger partial charge in [-0.3, -0.25) is 4.90 Å². The molecule has 1 aromatic rings. The number of hydrogen-bond acceptors (Lipinski definition) is 2. The molecule has 16 heavy (non-hydrogen) atoms. The number of nitrogens with zero attached hydrogens (tertiary/aromatic N) is 1. The van der Waals surface area contributed by atoms with Gasteiger partial charge in [0.15, 0.2) is 0 Å². The second-order valence-electron chi connectivity index (χ2n) is 3.67. The molecular weight excluding hydrogens is 226 g/mol. The standard InChI is InChI=1S/C12H14ClNO2/c1-9(12(15)16)7-14(2)8-10-5-3-4-6-11(10)13/h3-6H,1,7-8H2,2H3,(H,15,16). The van der Waals surface area contributed by atoms with Crippen LogP contribution in [0.1, 0.15) is 5.56 Å². The van der Waals surface area contributed by atoms with Crippen LogP contribution in [0.4, 0.5) is 0 Å². The number of carboxylic acids is 1. The lowest BCUT2D eigenvalue weighted by molar-refractivity contribution is -0.132. The number of carbonyl (C=O) groups is 1. The van der Waals surface area contributed by atoms with Crippen molar-refractivity contribution >= 4 is 17.6 Å². The average molecular weight is 240 g/mol. The molecule has 0 radical (unpaired) electrons. The summed E-state index contributed by atoms with van der Waals surface area (Å²) in [7, 11) is 1.83. The number of hydrogen-bond donors (Lipinski definition) is 1. The Balaban J connectivity index is 2.58. The van der Waals surface area contributed by atoms with Crippen LogP contribution in [0.2, 0.25) is 5.02 Å². The normalized spacial score (nSPS) is 10.4. The minimum Gasteiger partial charge on any atom is -0.478 e. The second-order valence-corrected chi connectivity index (χ2v) is 4.08. The van der Waals surface area contributed by atoms with E-state index in [9.17, 15) is 4.79 Å². The van der Waals surface area contributed by atoms with Gasteiger partial charge in [0, 0.05) is 23.7 Å². The van der Waals surface area contributed by atoms with E-state index in [1.165, 1.54) is 0 Å². The molecule has 0 spiro atoms. The Morgan fingerprint density at radius 1 is 1.50 bits per heavy atom. The summed E-state index contributed by atoms with van der Waals surface area (Å²) in [6.07, 6.45) is 0. The van der Waals surface area contributed by atoms with Crippen molar-refractivity contribution < 1.29 is 9.90 Å². The van der Waals surface area contributed by atoms with Crippen LogP contribution in [0.5, 0.6) is 0 Å². The average Bonchev–Trinajstić information content (AvgIpc) is 2.21. The van der Waals surface area contributed by atoms with Crippen LogP contribution in [-0.4, -0.2) is 29.6 Å². The van der Waals surface area contributed by atoms with Crippen molar-refractivity contribution in [1.82, 2.24) is 4.90 Å². The van der Waals surface area contributed by atoms with Gasteiger partial charge in [-0.15, -0.1) is 0 Å². The van der Waals surface area contributed by atoms with E-state index in [1.54, 1.807) is 0 Å². The highest BCUT2D eigenvalue weighted by molar-refractivity contribution is 6.31. The highest BCUT2D eigenvalue weighted by atomic mass is 35.5. The van der Waals surface area contributed by atoms with E-state index in [4.69, 9.17) is 16.7 Å². The van der Waals surface area contributed by atoms with Gasteiger partial charge in [0.25, 0.3) is 0 Å². The SMILES string of the molecule is C=C(CN(C)Cc1ccccc1Cl)C(=O)O. The van der Waals surface area contributed by atoms with E-state index in [0.29, 0.717) is 18.1 Å². The Kier molecular flexibility index (Phi) is 4.52. The summed E-state index contributed by atoms with van der Waals surface area (Å²) in [5, 5.41) is 9.39. The monoisotopic (exact) mass is 239 g/mol. The molecular formula is C12H14ClNO2. The summed E-state index contributed by atoms with van der Waals surface area (Å²) >= 11 is 6.00. The molecule has 0 atom stereocenters. The molecule has 0 amide bonds. The number of benzene rings is 1. The molecule has 0 unspecified atom stereocenters. The van der Waals surface area contributed by atoms with Crippen LogP contribution in [0.15, 0.2) is 36.4 Å². The third-order valence-electron chi connectivity index (χ3n) is 2.16. The molecule has 0 aliphatic heterocycles. The van der Waals surface area contributed by atoms with Crippen LogP contribution in [-0.2, 0) is 11.3 Å². The third-order valence-corrected chi connectivity index (χ3v) is 2.53. The summed E-state index contributed by atoms with van der Waals surface area (Å²) in [4.78, 5) is 12.5. The van der Waals surface area contributed by atoms with Gasteiger partial charge in [0.05, 0.1) is 0 Å². The molecule has 0 bridgehead atoms. The summed E-state index contributed by atoms with van der Waals surface area (Å²) in [5.74, 6) is -0.967. The smallest absolute Gasteiger partial charge is 0.332 e. The van der Waals surface area contributed by atoms with Gasteiger partial charge < -0.3 is 5.11 Å². The molecule has 1 N–H and O–H groups in total. The van der Waals surface area contributed by atoms with Crippen molar-refractivity contribution in [3.05, 3.63) is 47.0 Å². The van der Waals surface area contributed by atoms with Crippen molar-refractivity contribution in [2.75, 3.05) is 13.6 Å². The van der Waals surface area contributed by atoms with E-state index in [-0.39, 0.29) is 5.57 Å². The van der Waals surface area contributed by atoms with Crippen molar-refractivity contribution in [1.29, 1.82) is 0 Å². The molecule has 0 saturated heterocycles. The molecule has 4 heteroatoms. The van der Waals surface area contributed by atoms with E-state index in [1.807, 2.05) is 36.2 Å². The lowest BCUT2D eigenvalue weighted by Crippen LogP contribution is -2.23. The molecule has 0 aliphatic rings. The number of aliphatic carboxylic acids is 1. The highest BCUT2D eigenvalue weighted by Crippen LogP contribution is 2.16. The summed E-state index contributed by atoms with van der Waals surface area (Å²) in [5.41, 5.74) is 1.15. The maximum atomic E-state index is 10.6. The zero-order chi connectivity index (χ0) is 12.1. The van der Waals surface area contributed by atoms with E-state index in [2.05, 4.69) is 6.58 Å². The quantitative estimate of drug-likeness (QED) is 0.803. The molecule has 1 aromatic carbocycles. The van der Waals surface area contributed by atoms with Crippen molar-refractivity contribution in [3.63, 3.8) is 0 Å². The Morgan fingerprint density at radius 3 is 2.69 bits per heavy atom. The van der Waals surface area contributed by atoms with Crippen LogP contribution in [0.25, 0.3) is 0 Å². The maximum Gasteiger partial charge on any atom is 0.332 e. The van der Waals surface area contributed by atoms with Crippen LogP contribution in [0, 0.1) is 0 Å². The molecule has 0 heterocycles. The van der Waals surface area contributed by atoms with Crippen LogP contribution < -0.4 is 0 Å². The van der Waals surface area contributed by atoms with Crippen molar-refractivity contribution in [2.24, 2.45) is 0 Å². The first-order valence-electron chi connectivity index (χ1n) is 4.83. The number of rotatable bonds is 5. The first-order chi connectivity index (χ1) is 7.50. The second kappa shape index (κ2) is 5.68. The maximum absolute atomic E-state index is 10.6. The van der Waals surface area contributed by atoms with Gasteiger partial charge in [0.2, 0.25) is 0 Å². The predicted molar refractivity (Wildman–Crippen MR) is 64.6 cm³/mol. The third kappa shape index (κ3) is 3.68. The summed E-state index contributed by atoms with van der Waals surface area (Å²) < 4.78 is 0.